The molecule has 19 nitrogen and oxygen atoms in total. The van der Waals surface area contributed by atoms with Crippen LogP contribution in [0.4, 0.5) is 4.39 Å². The van der Waals surface area contributed by atoms with Gasteiger partial charge in [0, 0.05) is 25.6 Å². The van der Waals surface area contributed by atoms with Gasteiger partial charge < -0.3 is 88.7 Å². The van der Waals surface area contributed by atoms with Crippen LogP contribution in [0.1, 0.15) is 19.3 Å². The highest BCUT2D eigenvalue weighted by molar-refractivity contribution is 5.83. The average Bonchev–Trinajstić information content (AvgIpc) is 3.01. The number of Topliss-reactive ketones (excluding diaryl/α,β-unsaturated/α-hetero) is 1. The summed E-state index contributed by atoms with van der Waals surface area (Å²) in [6.45, 7) is -0.807. The number of rotatable bonds is 15. The molecular formula is C26H50FN7O12. The first kappa shape index (κ1) is 38.7. The molecule has 6 unspecified atom stereocenters. The van der Waals surface area contributed by atoms with E-state index in [-0.39, 0.29) is 39.1 Å². The van der Waals surface area contributed by atoms with Crippen LogP contribution in [0.15, 0.2) is 4.99 Å². The first-order chi connectivity index (χ1) is 21.7. The quantitative estimate of drug-likeness (QED) is 0.0436. The summed E-state index contributed by atoms with van der Waals surface area (Å²) in [6, 6.07) is -3.89. The number of ketones is 1. The Morgan fingerprint density at radius 2 is 1.63 bits per heavy atom. The zero-order valence-corrected chi connectivity index (χ0v) is 25.3. The first-order valence-corrected chi connectivity index (χ1v) is 15.2. The summed E-state index contributed by atoms with van der Waals surface area (Å²) in [5.41, 5.74) is 28.7. The number of aliphatic hydroxyl groups excluding tert-OH is 7. The second-order valence-electron chi connectivity index (χ2n) is 11.8. The van der Waals surface area contributed by atoms with E-state index >= 15 is 4.39 Å². The van der Waals surface area contributed by atoms with Crippen molar-refractivity contribution in [3.63, 3.8) is 0 Å². The van der Waals surface area contributed by atoms with E-state index in [2.05, 4.69) is 10.3 Å². The zero-order valence-electron chi connectivity index (χ0n) is 25.3. The van der Waals surface area contributed by atoms with Crippen molar-refractivity contribution in [3.8, 4) is 0 Å². The van der Waals surface area contributed by atoms with Crippen LogP contribution in [0.25, 0.3) is 0 Å². The second kappa shape index (κ2) is 17.6. The Bertz CT molecular complexity index is 990. The van der Waals surface area contributed by atoms with Crippen LogP contribution in [0.3, 0.4) is 0 Å². The molecule has 16 atom stereocenters. The molecular weight excluding hydrogens is 621 g/mol. The van der Waals surface area contributed by atoms with Crippen molar-refractivity contribution in [1.29, 1.82) is 0 Å². The van der Waals surface area contributed by atoms with Gasteiger partial charge in [-0.05, 0) is 25.3 Å². The van der Waals surface area contributed by atoms with Gasteiger partial charge in [-0.2, -0.15) is 0 Å². The molecule has 0 amide bonds. The molecule has 268 valence electrons. The number of hydrogen-bond donors (Lipinski definition) is 13. The molecule has 20 heteroatoms. The van der Waals surface area contributed by atoms with Gasteiger partial charge in [-0.1, -0.05) is 0 Å². The predicted octanol–water partition coefficient (Wildman–Crippen LogP) is -7.45. The van der Waals surface area contributed by atoms with Crippen molar-refractivity contribution in [2.75, 3.05) is 32.8 Å². The van der Waals surface area contributed by atoms with E-state index in [1.54, 1.807) is 0 Å². The molecule has 2 aliphatic heterocycles. The fourth-order valence-corrected chi connectivity index (χ4v) is 5.96. The molecule has 46 heavy (non-hydrogen) atoms. The van der Waals surface area contributed by atoms with Crippen LogP contribution in [-0.4, -0.2) is 172 Å². The Morgan fingerprint density at radius 3 is 2.24 bits per heavy atom. The van der Waals surface area contributed by atoms with Gasteiger partial charge in [-0.25, -0.2) is 9.38 Å². The monoisotopic (exact) mass is 671 g/mol. The molecule has 18 N–H and O–H groups in total. The maximum absolute atomic E-state index is 16.6. The Labute approximate surface area is 264 Å². The summed E-state index contributed by atoms with van der Waals surface area (Å²) in [7, 11) is 0. The van der Waals surface area contributed by atoms with Crippen molar-refractivity contribution in [2.45, 2.75) is 111 Å². The number of nitrogens with zero attached hydrogens (tertiary/aromatic N) is 1. The number of guanidine groups is 1. The van der Waals surface area contributed by atoms with E-state index in [0.717, 1.165) is 0 Å². The first-order valence-electron chi connectivity index (χ1n) is 15.2. The van der Waals surface area contributed by atoms with Crippen LogP contribution in [0.5, 0.6) is 0 Å². The van der Waals surface area contributed by atoms with Crippen LogP contribution >= 0.6 is 0 Å². The van der Waals surface area contributed by atoms with E-state index in [1.165, 1.54) is 0 Å². The lowest BCUT2D eigenvalue weighted by Gasteiger charge is -2.48. The summed E-state index contributed by atoms with van der Waals surface area (Å²) in [5.74, 6) is -2.17. The van der Waals surface area contributed by atoms with Crippen LogP contribution in [0, 0.1) is 5.92 Å². The van der Waals surface area contributed by atoms with Gasteiger partial charge in [-0.15, -0.1) is 0 Å². The Kier molecular flexibility index (Phi) is 14.8. The van der Waals surface area contributed by atoms with Gasteiger partial charge in [0.1, 0.15) is 54.9 Å². The molecule has 2 heterocycles. The van der Waals surface area contributed by atoms with Crippen LogP contribution < -0.4 is 34.0 Å². The highest BCUT2D eigenvalue weighted by Crippen LogP contribution is 2.38. The summed E-state index contributed by atoms with van der Waals surface area (Å²) in [4.78, 5) is 16.6. The van der Waals surface area contributed by atoms with Crippen molar-refractivity contribution in [2.24, 2.45) is 39.6 Å². The van der Waals surface area contributed by atoms with Gasteiger partial charge in [0.25, 0.3) is 0 Å². The number of halogens is 1. The highest BCUT2D eigenvalue weighted by atomic mass is 19.1. The molecule has 0 radical (unpaired) electrons. The number of ether oxygens (including phenoxy) is 4. The van der Waals surface area contributed by atoms with Crippen molar-refractivity contribution in [1.82, 2.24) is 5.32 Å². The van der Waals surface area contributed by atoms with Gasteiger partial charge in [0.15, 0.2) is 30.5 Å². The number of nitrogens with one attached hydrogen (secondary N) is 1. The van der Waals surface area contributed by atoms with E-state index in [1.807, 2.05) is 0 Å². The number of nitrogens with two attached hydrogens (primary N) is 5. The number of carbonyl (C=O) groups excluding carboxylic acids is 1. The molecule has 0 spiro atoms. The highest BCUT2D eigenvalue weighted by Gasteiger charge is 2.53. The number of alkyl halides is 1. The molecule has 3 aliphatic rings. The standard InChI is InChI=1S/C26H50FN7O12/c27-15-22(45-25-21(42)17(34-26(31)32)18(39)14(8-36)44-25)9(6-12(38)11(37)1-2-28)5-10(29)23(15)46-24-16(30)20(41)19(40)13(43-24)7-33-3-4-35/h9-11,13-25,33,35-37,39-42H,1-8,28-30H2,(H4,31,32,34)/t9-,10?,11-,13?,14+,15+,16?,17?,18+,19+,20+,21+,22?,23+,24+,25?/m0/s1. The minimum Gasteiger partial charge on any atom is -0.395 e. The minimum atomic E-state index is -2.17. The van der Waals surface area contributed by atoms with E-state index < -0.39 is 123 Å². The molecule has 3 rings (SSSR count). The maximum Gasteiger partial charge on any atom is 0.186 e. The lowest BCUT2D eigenvalue weighted by Crippen LogP contribution is -2.67. The Balaban J connectivity index is 1.88. The van der Waals surface area contributed by atoms with E-state index in [9.17, 15) is 35.4 Å². The molecule has 0 aromatic rings. The fraction of sp³-hybridized carbons (Fsp3) is 0.923. The van der Waals surface area contributed by atoms with Crippen molar-refractivity contribution >= 4 is 11.7 Å². The maximum atomic E-state index is 16.6. The number of aliphatic hydroxyl groups is 7. The normalized spacial score (nSPS) is 42.4. The third kappa shape index (κ3) is 9.24. The molecule has 0 aromatic heterocycles. The van der Waals surface area contributed by atoms with Gasteiger partial charge in [-0.3, -0.25) is 4.79 Å². The molecule has 1 saturated carbocycles. The predicted molar refractivity (Wildman–Crippen MR) is 156 cm³/mol. The molecule has 0 aromatic carbocycles. The number of aliphatic imine (C=N–C) groups is 1. The Hall–Kier alpha value is -1.73. The molecule has 0 bridgehead atoms. The fourth-order valence-electron chi connectivity index (χ4n) is 5.96. The third-order valence-corrected chi connectivity index (χ3v) is 8.48. The molecule has 1 aliphatic carbocycles. The molecule has 2 saturated heterocycles. The number of hydrogen-bond acceptors (Lipinski definition) is 17. The van der Waals surface area contributed by atoms with Crippen molar-refractivity contribution < 1.29 is 63.9 Å². The number of carbonyl (C=O) groups is 1. The van der Waals surface area contributed by atoms with Gasteiger partial charge in [0.2, 0.25) is 0 Å². The van der Waals surface area contributed by atoms with E-state index in [4.69, 9.17) is 52.7 Å². The summed E-state index contributed by atoms with van der Waals surface area (Å²) < 4.78 is 39.7. The lowest BCUT2D eigenvalue weighted by molar-refractivity contribution is -0.317. The summed E-state index contributed by atoms with van der Waals surface area (Å²) >= 11 is 0. The zero-order chi connectivity index (χ0) is 34.3. The Morgan fingerprint density at radius 1 is 0.978 bits per heavy atom. The summed E-state index contributed by atoms with van der Waals surface area (Å²) in [5, 5.41) is 74.3. The van der Waals surface area contributed by atoms with E-state index in [0.29, 0.717) is 0 Å². The smallest absolute Gasteiger partial charge is 0.186 e. The van der Waals surface area contributed by atoms with Gasteiger partial charge >= 0.3 is 0 Å². The SMILES string of the molecule is NCC[C@H](O)C(=O)C[C@@H]1CC(N)[C@@H](O[C@H]2OC(CNCCO)[C@@H](O)[C@H](O)C2N)[C@H](F)C1OC1O[C@H](CO)[C@@H](O)C(N=C(N)N)[C@H]1O. The average molecular weight is 672 g/mol. The van der Waals surface area contributed by atoms with Crippen LogP contribution in [-0.2, 0) is 23.7 Å². The second-order valence-corrected chi connectivity index (χ2v) is 11.8. The largest absolute Gasteiger partial charge is 0.395 e. The summed E-state index contributed by atoms with van der Waals surface area (Å²) in [6.07, 6.45) is -19.3. The van der Waals surface area contributed by atoms with Crippen LogP contribution in [0.2, 0.25) is 0 Å². The molecule has 3 fully saturated rings. The lowest BCUT2D eigenvalue weighted by atomic mass is 9.77. The topological polar surface area (TPSA) is 350 Å². The van der Waals surface area contributed by atoms with Gasteiger partial charge in [0.05, 0.1) is 25.4 Å². The minimum absolute atomic E-state index is 0.0104. The van der Waals surface area contributed by atoms with Crippen molar-refractivity contribution in [3.05, 3.63) is 0 Å². The third-order valence-electron chi connectivity index (χ3n) is 8.48.